The molecule has 0 amide bonds. The molecular formula is C11H16FO6S-. The number of aliphatic hydroxyl groups is 1. The van der Waals surface area contributed by atoms with Gasteiger partial charge in [0.15, 0.2) is 0 Å². The molecule has 0 aliphatic heterocycles. The van der Waals surface area contributed by atoms with Gasteiger partial charge in [0.2, 0.25) is 0 Å². The number of hydrogen-bond donors (Lipinski definition) is 1. The van der Waals surface area contributed by atoms with Crippen molar-refractivity contribution in [2.24, 2.45) is 11.8 Å². The van der Waals surface area contributed by atoms with E-state index >= 15 is 0 Å². The van der Waals surface area contributed by atoms with Crippen molar-refractivity contribution in [3.05, 3.63) is 0 Å². The minimum Gasteiger partial charge on any atom is -0.691 e. The van der Waals surface area contributed by atoms with Gasteiger partial charge < -0.3 is 15.1 Å². The number of halogens is 1. The Labute approximate surface area is 114 Å². The van der Waals surface area contributed by atoms with E-state index in [2.05, 4.69) is 9.37 Å². The Morgan fingerprint density at radius 2 is 2.21 bits per heavy atom. The fourth-order valence-corrected chi connectivity index (χ4v) is 3.26. The lowest BCUT2D eigenvalue weighted by Gasteiger charge is -2.29. The van der Waals surface area contributed by atoms with Crippen LogP contribution in [0.25, 0.3) is 0 Å². The van der Waals surface area contributed by atoms with Crippen LogP contribution in [-0.4, -0.2) is 28.3 Å². The highest BCUT2D eigenvalue weighted by atomic mass is 32.2. The second kappa shape index (κ2) is 5.92. The molecule has 2 aliphatic rings. The van der Waals surface area contributed by atoms with Crippen LogP contribution in [0.2, 0.25) is 0 Å². The molecule has 1 N–H and O–H groups in total. The van der Waals surface area contributed by atoms with Gasteiger partial charge in [-0.2, -0.15) is 4.33 Å². The molecule has 19 heavy (non-hydrogen) atoms. The van der Waals surface area contributed by atoms with Crippen LogP contribution in [0.4, 0.5) is 4.39 Å². The van der Waals surface area contributed by atoms with Crippen LogP contribution < -0.4 is 5.26 Å². The molecule has 0 radical (unpaired) electrons. The van der Waals surface area contributed by atoms with Gasteiger partial charge in [-0.3, -0.25) is 5.04 Å². The van der Waals surface area contributed by atoms with Crippen molar-refractivity contribution in [3.63, 3.8) is 0 Å². The summed E-state index contributed by atoms with van der Waals surface area (Å²) in [6, 6.07) is 0. The smallest absolute Gasteiger partial charge is 0.357 e. The SMILES string of the molecule is CCC(F)(SOO[O-])C(=O)OC1C2CCC(C2)C1O. The molecule has 0 aromatic heterocycles. The summed E-state index contributed by atoms with van der Waals surface area (Å²) in [6.07, 6.45) is 0.954. The Morgan fingerprint density at radius 3 is 2.74 bits per heavy atom. The average Bonchev–Trinajstić information content (AvgIpc) is 2.99. The molecule has 2 fully saturated rings. The lowest BCUT2D eigenvalue weighted by Crippen LogP contribution is -2.42. The summed E-state index contributed by atoms with van der Waals surface area (Å²) in [7, 11) is 0. The molecule has 0 spiro atoms. The van der Waals surface area contributed by atoms with Gasteiger partial charge in [0.1, 0.15) is 6.10 Å². The summed E-state index contributed by atoms with van der Waals surface area (Å²) in [5.41, 5.74) is 0. The number of rotatable bonds is 6. The molecule has 110 valence electrons. The van der Waals surface area contributed by atoms with Gasteiger partial charge in [0.05, 0.1) is 18.1 Å². The molecular weight excluding hydrogens is 279 g/mol. The number of esters is 1. The van der Waals surface area contributed by atoms with Gasteiger partial charge in [0, 0.05) is 6.42 Å². The van der Waals surface area contributed by atoms with Gasteiger partial charge in [-0.15, -0.1) is 0 Å². The highest BCUT2D eigenvalue weighted by Gasteiger charge is 2.51. The van der Waals surface area contributed by atoms with Gasteiger partial charge >= 0.3 is 5.97 Å². The third-order valence-electron chi connectivity index (χ3n) is 3.99. The largest absolute Gasteiger partial charge is 0.691 e. The van der Waals surface area contributed by atoms with Crippen LogP contribution in [0.15, 0.2) is 0 Å². The van der Waals surface area contributed by atoms with Crippen molar-refractivity contribution < 1.29 is 33.7 Å². The summed E-state index contributed by atoms with van der Waals surface area (Å²) in [5.74, 6) is -0.923. The van der Waals surface area contributed by atoms with Crippen molar-refractivity contribution in [2.45, 2.75) is 49.8 Å². The van der Waals surface area contributed by atoms with Crippen molar-refractivity contribution in [2.75, 3.05) is 0 Å². The number of aliphatic hydroxyl groups excluding tert-OH is 1. The molecule has 0 saturated heterocycles. The Kier molecular flexibility index (Phi) is 4.67. The second-order valence-corrected chi connectivity index (χ2v) is 5.94. The molecule has 2 aliphatic carbocycles. The molecule has 0 aromatic rings. The first-order valence-corrected chi connectivity index (χ1v) is 6.98. The van der Waals surface area contributed by atoms with Crippen LogP contribution >= 0.6 is 12.0 Å². The van der Waals surface area contributed by atoms with Crippen molar-refractivity contribution >= 4 is 18.0 Å². The minimum absolute atomic E-state index is 0.0210. The lowest BCUT2D eigenvalue weighted by molar-refractivity contribution is -0.777. The quantitative estimate of drug-likeness (QED) is 0.333. The highest BCUT2D eigenvalue weighted by molar-refractivity contribution is 7.96. The number of ether oxygens (including phenoxy) is 1. The van der Waals surface area contributed by atoms with Gasteiger partial charge in [-0.1, -0.05) is 6.92 Å². The van der Waals surface area contributed by atoms with Crippen LogP contribution in [0.3, 0.4) is 0 Å². The lowest BCUT2D eigenvalue weighted by atomic mass is 9.95. The zero-order valence-corrected chi connectivity index (χ0v) is 11.2. The maximum absolute atomic E-state index is 14.2. The van der Waals surface area contributed by atoms with E-state index in [1.165, 1.54) is 6.92 Å². The number of carbonyl (C=O) groups is 1. The van der Waals surface area contributed by atoms with Crippen molar-refractivity contribution in [1.82, 2.24) is 0 Å². The van der Waals surface area contributed by atoms with E-state index in [1.807, 2.05) is 0 Å². The predicted octanol–water partition coefficient (Wildman–Crippen LogP) is 0.636. The first-order chi connectivity index (χ1) is 9.01. The van der Waals surface area contributed by atoms with E-state index in [-0.39, 0.29) is 30.3 Å². The Bertz CT molecular complexity index is 341. The number of carbonyl (C=O) groups excluding carboxylic acids is 1. The van der Waals surface area contributed by atoms with E-state index in [4.69, 9.17) is 4.74 Å². The number of alkyl halides is 1. The number of hydrogen-bond acceptors (Lipinski definition) is 7. The molecule has 2 bridgehead atoms. The molecule has 0 aromatic carbocycles. The zero-order chi connectivity index (χ0) is 14.0. The van der Waals surface area contributed by atoms with Crippen LogP contribution in [0.1, 0.15) is 32.6 Å². The first kappa shape index (κ1) is 15.0. The van der Waals surface area contributed by atoms with E-state index in [1.54, 1.807) is 0 Å². The predicted molar refractivity (Wildman–Crippen MR) is 60.6 cm³/mol. The second-order valence-electron chi connectivity index (χ2n) is 5.00. The van der Waals surface area contributed by atoms with Crippen molar-refractivity contribution in [3.8, 4) is 0 Å². The minimum atomic E-state index is -2.51. The first-order valence-electron chi connectivity index (χ1n) is 6.24. The third-order valence-corrected chi connectivity index (χ3v) is 4.84. The fourth-order valence-electron chi connectivity index (χ4n) is 2.89. The summed E-state index contributed by atoms with van der Waals surface area (Å²) >= 11 is -0.0210. The normalized spacial score (nSPS) is 36.2. The monoisotopic (exact) mass is 295 g/mol. The maximum atomic E-state index is 14.2. The van der Waals surface area contributed by atoms with E-state index < -0.39 is 23.2 Å². The summed E-state index contributed by atoms with van der Waals surface area (Å²) < 4.78 is 23.2. The van der Waals surface area contributed by atoms with Crippen LogP contribution in [0.5, 0.6) is 0 Å². The van der Waals surface area contributed by atoms with Crippen LogP contribution in [0, 0.1) is 11.8 Å². The Hall–Kier alpha value is -0.410. The molecule has 0 heterocycles. The van der Waals surface area contributed by atoms with Gasteiger partial charge in [0.25, 0.3) is 5.00 Å². The van der Waals surface area contributed by atoms with Gasteiger partial charge in [-0.05, 0) is 31.1 Å². The molecule has 2 saturated carbocycles. The van der Waals surface area contributed by atoms with E-state index in [0.29, 0.717) is 0 Å². The van der Waals surface area contributed by atoms with Crippen LogP contribution in [-0.2, 0) is 18.9 Å². The molecule has 2 rings (SSSR count). The highest BCUT2D eigenvalue weighted by Crippen LogP contribution is 2.47. The third kappa shape index (κ3) is 2.87. The molecule has 8 heteroatoms. The molecule has 6 nitrogen and oxygen atoms in total. The summed E-state index contributed by atoms with van der Waals surface area (Å²) in [5, 5.41) is 20.2. The van der Waals surface area contributed by atoms with E-state index in [0.717, 1.165) is 19.3 Å². The molecule has 5 unspecified atom stereocenters. The summed E-state index contributed by atoms with van der Waals surface area (Å²) in [6.45, 7) is 1.42. The zero-order valence-electron chi connectivity index (χ0n) is 10.4. The standard InChI is InChI=1S/C11H17FO6S/c1-2-11(12,19-18-17-15)10(14)16-9-7-4-3-6(5-7)8(9)13/h6-9,13,15H,2-5H2,1H3/p-1. The average molecular weight is 295 g/mol. The number of fused-ring (bicyclic) bond motifs is 2. The molecule has 5 atom stereocenters. The topological polar surface area (TPSA) is 88.0 Å². The van der Waals surface area contributed by atoms with E-state index in [9.17, 15) is 19.5 Å². The Balaban J connectivity index is 1.96. The fraction of sp³-hybridized carbons (Fsp3) is 0.909. The van der Waals surface area contributed by atoms with Gasteiger partial charge in [-0.25, -0.2) is 9.18 Å². The summed E-state index contributed by atoms with van der Waals surface area (Å²) in [4.78, 5) is 11.8. The maximum Gasteiger partial charge on any atom is 0.357 e. The Morgan fingerprint density at radius 1 is 1.53 bits per heavy atom. The van der Waals surface area contributed by atoms with Crippen molar-refractivity contribution in [1.29, 1.82) is 0 Å².